The second kappa shape index (κ2) is 12.0. The van der Waals surface area contributed by atoms with Crippen molar-refractivity contribution in [3.63, 3.8) is 0 Å². The number of hydrogen-bond donors (Lipinski definition) is 7. The number of aliphatic hydroxyl groups excluding tert-OH is 2. The summed E-state index contributed by atoms with van der Waals surface area (Å²) in [5.41, 5.74) is 11.0. The van der Waals surface area contributed by atoms with Crippen molar-refractivity contribution in [3.05, 3.63) is 29.3 Å². The molecule has 250 valence electrons. The second-order valence-corrected chi connectivity index (χ2v) is 13.5. The number of ether oxygens (including phenoxy) is 3. The lowest BCUT2D eigenvalue weighted by Gasteiger charge is -2.26. The average Bonchev–Trinajstić information content (AvgIpc) is 3.72. The van der Waals surface area contributed by atoms with E-state index < -0.39 is 76.9 Å². The molecule has 2 aliphatic rings. The van der Waals surface area contributed by atoms with Crippen molar-refractivity contribution in [2.75, 3.05) is 31.8 Å². The molecule has 0 bridgehead atoms. The third-order valence-corrected chi connectivity index (χ3v) is 8.68. The van der Waals surface area contributed by atoms with E-state index in [0.29, 0.717) is 0 Å². The molecule has 2 aliphatic heterocycles. The summed E-state index contributed by atoms with van der Waals surface area (Å²) in [5.74, 6) is -0.184. The van der Waals surface area contributed by atoms with Gasteiger partial charge in [-0.3, -0.25) is 37.0 Å². The minimum atomic E-state index is -5.13. The Bertz CT molecular complexity index is 1910. The van der Waals surface area contributed by atoms with Crippen LogP contribution < -0.4 is 17.0 Å². The first kappa shape index (κ1) is 32.5. The number of anilines is 2. The molecule has 46 heavy (non-hydrogen) atoms. The second-order valence-electron chi connectivity index (χ2n) is 10.2. The number of fused-ring (bicyclic) bond motifs is 2. The summed E-state index contributed by atoms with van der Waals surface area (Å²) in [4.78, 5) is 55.0. The van der Waals surface area contributed by atoms with Gasteiger partial charge in [0.05, 0.1) is 19.3 Å². The molecule has 2 fully saturated rings. The molecule has 0 radical (unpaired) electrons. The summed E-state index contributed by atoms with van der Waals surface area (Å²) in [5, 5.41) is 21.3. The van der Waals surface area contributed by atoms with Gasteiger partial charge in [0.2, 0.25) is 5.95 Å². The first-order valence-corrected chi connectivity index (χ1v) is 16.7. The minimum absolute atomic E-state index is 0.0527. The van der Waals surface area contributed by atoms with Gasteiger partial charge in [-0.1, -0.05) is 0 Å². The van der Waals surface area contributed by atoms with E-state index in [1.54, 1.807) is 0 Å². The third kappa shape index (κ3) is 6.03. The lowest BCUT2D eigenvalue weighted by atomic mass is 10.1. The third-order valence-electron chi connectivity index (χ3n) is 7.10. The predicted octanol–water partition coefficient (Wildman–Crippen LogP) is -2.05. The van der Waals surface area contributed by atoms with Gasteiger partial charge in [-0.2, -0.15) is 4.98 Å². The van der Waals surface area contributed by atoms with E-state index in [-0.39, 0.29) is 34.1 Å². The normalized spacial score (nSPS) is 31.0. The number of nitrogens with zero attached hydrogens (tertiary/aromatic N) is 7. The first-order chi connectivity index (χ1) is 21.7. The van der Waals surface area contributed by atoms with Gasteiger partial charge >= 0.3 is 15.4 Å². The van der Waals surface area contributed by atoms with E-state index in [1.165, 1.54) is 24.3 Å². The molecule has 10 atom stereocenters. The number of nitrogen functional groups attached to an aromatic ring is 2. The molecular weight excluding hydrogens is 662 g/mol. The number of nitrogens with one attached hydrogen (secondary N) is 1. The topological polar surface area (TPSA) is 330 Å². The molecular formula is C21H28N10O13P2. The number of imidazole rings is 2. The average molecular weight is 690 g/mol. The molecule has 6 heterocycles. The van der Waals surface area contributed by atoms with Crippen LogP contribution in [0, 0.1) is 0 Å². The maximum atomic E-state index is 13.2. The molecule has 2 unspecified atom stereocenters. The highest BCUT2D eigenvalue weighted by Crippen LogP contribution is 2.52. The molecule has 0 aliphatic carbocycles. The van der Waals surface area contributed by atoms with Crippen molar-refractivity contribution in [2.45, 2.75) is 49.3 Å². The van der Waals surface area contributed by atoms with E-state index >= 15 is 0 Å². The van der Waals surface area contributed by atoms with E-state index in [2.05, 4.69) is 29.9 Å². The highest BCUT2D eigenvalue weighted by molar-refractivity contribution is 7.51. The fraction of sp³-hybridized carbons (Fsp3) is 0.524. The summed E-state index contributed by atoms with van der Waals surface area (Å²) < 4.78 is 60.4. The van der Waals surface area contributed by atoms with Crippen LogP contribution >= 0.6 is 15.4 Å². The van der Waals surface area contributed by atoms with Crippen LogP contribution in [0.25, 0.3) is 22.3 Å². The molecule has 25 heteroatoms. The smallest absolute Gasteiger partial charge is 0.387 e. The largest absolute Gasteiger partial charge is 0.472 e. The molecule has 9 N–H and O–H groups in total. The Kier molecular flexibility index (Phi) is 8.46. The molecule has 6 rings (SSSR count). The Morgan fingerprint density at radius 3 is 2.35 bits per heavy atom. The van der Waals surface area contributed by atoms with Crippen LogP contribution in [0.5, 0.6) is 0 Å². The highest BCUT2D eigenvalue weighted by atomic mass is 31.2. The quantitative estimate of drug-likeness (QED) is 0.0880. The van der Waals surface area contributed by atoms with Crippen LogP contribution in [0.15, 0.2) is 23.8 Å². The number of aromatic amines is 1. The molecule has 0 amide bonds. The van der Waals surface area contributed by atoms with Crippen molar-refractivity contribution in [3.8, 4) is 0 Å². The van der Waals surface area contributed by atoms with Gasteiger partial charge in [-0.05, 0) is 0 Å². The Morgan fingerprint density at radius 2 is 1.65 bits per heavy atom. The molecule has 23 nitrogen and oxygen atoms in total. The highest BCUT2D eigenvalue weighted by Gasteiger charge is 2.53. The summed E-state index contributed by atoms with van der Waals surface area (Å²) >= 11 is 0. The Morgan fingerprint density at radius 1 is 0.957 bits per heavy atom. The molecule has 2 saturated heterocycles. The van der Waals surface area contributed by atoms with Crippen molar-refractivity contribution in [2.24, 2.45) is 0 Å². The van der Waals surface area contributed by atoms with E-state index in [1.807, 2.05) is 0 Å². The fourth-order valence-corrected chi connectivity index (χ4v) is 6.58. The van der Waals surface area contributed by atoms with Crippen molar-refractivity contribution in [1.82, 2.24) is 39.0 Å². The van der Waals surface area contributed by atoms with Crippen LogP contribution in [-0.4, -0.2) is 116 Å². The number of H-pyrrole nitrogens is 1. The van der Waals surface area contributed by atoms with Crippen LogP contribution in [0.3, 0.4) is 0 Å². The van der Waals surface area contributed by atoms with Gasteiger partial charge in [0.1, 0.15) is 36.3 Å². The zero-order valence-corrected chi connectivity index (χ0v) is 25.5. The van der Waals surface area contributed by atoms with Gasteiger partial charge in [-0.15, -0.1) is 0 Å². The van der Waals surface area contributed by atoms with Gasteiger partial charge in [0.25, 0.3) is 5.56 Å². The number of phosphoric acid groups is 1. The van der Waals surface area contributed by atoms with Gasteiger partial charge in [0, 0.05) is 13.8 Å². The minimum Gasteiger partial charge on any atom is -0.387 e. The lowest BCUT2D eigenvalue weighted by Crippen LogP contribution is -2.37. The SMILES string of the molecule is CO[C@H]1[C@H](OP(=O)(O)OC[C@H]2O[C@@H](n3cnc4c(=O)[nH]c(N)nc43)[C@@H](O)[C@H]2O)[C@@H](OP(C)(=O)O)O[C@H]1n1cnc2c(N)ncnc21. The number of methoxy groups -OCH3 is 1. The predicted molar refractivity (Wildman–Crippen MR) is 150 cm³/mol. The molecule has 4 aromatic heterocycles. The van der Waals surface area contributed by atoms with Gasteiger partial charge < -0.3 is 45.7 Å². The number of nitrogens with two attached hydrogens (primary N) is 2. The maximum absolute atomic E-state index is 13.2. The summed E-state index contributed by atoms with van der Waals surface area (Å²) in [6.07, 6.45) is -8.41. The van der Waals surface area contributed by atoms with Crippen molar-refractivity contribution in [1.29, 1.82) is 0 Å². The molecule has 0 saturated carbocycles. The number of phosphoric ester groups is 1. The van der Waals surface area contributed by atoms with Gasteiger partial charge in [-0.25, -0.2) is 24.5 Å². The van der Waals surface area contributed by atoms with Crippen LogP contribution in [0.2, 0.25) is 0 Å². The monoisotopic (exact) mass is 690 g/mol. The molecule has 4 aromatic rings. The summed E-state index contributed by atoms with van der Waals surface area (Å²) in [7, 11) is -8.20. The van der Waals surface area contributed by atoms with E-state index in [4.69, 9.17) is 39.2 Å². The zero-order chi connectivity index (χ0) is 33.1. The first-order valence-electron chi connectivity index (χ1n) is 13.2. The van der Waals surface area contributed by atoms with Crippen molar-refractivity contribution >= 4 is 49.5 Å². The Hall–Kier alpha value is -3.44. The zero-order valence-electron chi connectivity index (χ0n) is 23.7. The van der Waals surface area contributed by atoms with Crippen molar-refractivity contribution < 1.29 is 56.9 Å². The van der Waals surface area contributed by atoms with Crippen LogP contribution in [0.4, 0.5) is 11.8 Å². The number of hydrogen-bond acceptors (Lipinski definition) is 18. The summed E-state index contributed by atoms with van der Waals surface area (Å²) in [6.45, 7) is 0.0578. The lowest BCUT2D eigenvalue weighted by molar-refractivity contribution is -0.127. The Balaban J connectivity index is 1.20. The summed E-state index contributed by atoms with van der Waals surface area (Å²) in [6, 6.07) is 0. The Labute approximate surface area is 256 Å². The number of rotatable bonds is 10. The van der Waals surface area contributed by atoms with E-state index in [9.17, 15) is 33.9 Å². The molecule has 0 aromatic carbocycles. The fourth-order valence-electron chi connectivity index (χ4n) is 5.11. The number of aliphatic hydroxyl groups is 2. The van der Waals surface area contributed by atoms with Crippen LogP contribution in [0.1, 0.15) is 12.5 Å². The number of aromatic nitrogens is 8. The maximum Gasteiger partial charge on any atom is 0.472 e. The standard InChI is InChI=1S/C21H28N10O13P2/c1-39-12-13(20(44-45(2,35)36)42-19(12)30-5-26-8-14(22)24-4-25-15(8)30)43-46(37,38)40-3-7-10(32)11(33)18(41-7)31-6-27-9-16(31)28-21(23)29-17(9)34/h4-7,10-13,18-20,32-33H,3H2,1-2H3,(H,35,36)(H,37,38)(H2,22,24,25)(H3,23,28,29,34)/t7-,10+,11+,12+,13+,18-,19-,20-/m1/s1. The van der Waals surface area contributed by atoms with E-state index in [0.717, 1.165) is 17.6 Å². The molecule has 0 spiro atoms. The van der Waals surface area contributed by atoms with Gasteiger partial charge in [0.15, 0.2) is 47.5 Å². The van der Waals surface area contributed by atoms with Crippen LogP contribution in [-0.2, 0) is 36.9 Å².